The van der Waals surface area contributed by atoms with Crippen molar-refractivity contribution in [3.8, 4) is 11.9 Å². The minimum atomic E-state index is -0.484. The Morgan fingerprint density at radius 1 is 1.23 bits per heavy atom. The summed E-state index contributed by atoms with van der Waals surface area (Å²) in [6.45, 7) is 1.07. The van der Waals surface area contributed by atoms with Gasteiger partial charge in [0, 0.05) is 25.8 Å². The first kappa shape index (κ1) is 26.5. The number of aromatic amines is 1. The molecule has 5 aromatic rings. The number of anilines is 2. The number of rotatable bonds is 10. The molecule has 0 aliphatic rings. The number of thiazole rings is 1. The van der Waals surface area contributed by atoms with Crippen molar-refractivity contribution in [2.45, 2.75) is 13.2 Å². The molecule has 0 radical (unpaired) electrons. The van der Waals surface area contributed by atoms with E-state index < -0.39 is 5.91 Å². The van der Waals surface area contributed by atoms with Crippen LogP contribution in [0.15, 0.2) is 54.4 Å². The first-order valence-electron chi connectivity index (χ1n) is 12.2. The number of nitriles is 1. The van der Waals surface area contributed by atoms with Crippen molar-refractivity contribution in [1.29, 1.82) is 5.26 Å². The largest absolute Gasteiger partial charge is 0.471 e. The molecule has 2 aromatic carbocycles. The fourth-order valence-electron chi connectivity index (χ4n) is 3.89. The number of fused-ring (bicyclic) bond motifs is 2. The first-order valence-corrected chi connectivity index (χ1v) is 13.0. The average Bonchev–Trinajstić information content (AvgIpc) is 3.60. The second-order valence-corrected chi connectivity index (χ2v) is 9.86. The second-order valence-electron chi connectivity index (χ2n) is 8.80. The Labute approximate surface area is 232 Å². The van der Waals surface area contributed by atoms with Gasteiger partial charge in [0.2, 0.25) is 11.8 Å². The van der Waals surface area contributed by atoms with Crippen LogP contribution in [0.25, 0.3) is 27.5 Å². The van der Waals surface area contributed by atoms with E-state index in [1.54, 1.807) is 0 Å². The fraction of sp³-hybridized carbons (Fsp3) is 0.185. The molecule has 40 heavy (non-hydrogen) atoms. The van der Waals surface area contributed by atoms with E-state index in [4.69, 9.17) is 10.5 Å². The third-order valence-electron chi connectivity index (χ3n) is 6.02. The molecular formula is C27H25N9O3S. The maximum atomic E-state index is 12.7. The lowest BCUT2D eigenvalue weighted by atomic mass is 10.1. The lowest BCUT2D eigenvalue weighted by molar-refractivity contribution is -0.117. The fourth-order valence-corrected chi connectivity index (χ4v) is 4.84. The number of ether oxygens (including phenoxy) is 1. The van der Waals surface area contributed by atoms with Crippen LogP contribution in [0, 0.1) is 11.3 Å². The van der Waals surface area contributed by atoms with Gasteiger partial charge < -0.3 is 30.8 Å². The standard InChI is InChI=1S/C27H25N9O3S/c1-36(8-9-37)19-6-7-20-21(11-19)40-22(33-20)10-18(12-28)25(38)30-13-16-2-4-17(5-3-16)14-39-26-23-24(32-15-31-23)34-27(29)35-26/h2-7,10-11,15,37H,8-9,13-14H2,1H3,(H,30,38)(H3,29,31,32,34,35)/b18-10+. The minimum absolute atomic E-state index is 0.0315. The number of aromatic nitrogens is 5. The monoisotopic (exact) mass is 555 g/mol. The lowest BCUT2D eigenvalue weighted by Gasteiger charge is -2.17. The Bertz CT molecular complexity index is 1740. The summed E-state index contributed by atoms with van der Waals surface area (Å²) in [5.41, 5.74) is 10.2. The highest BCUT2D eigenvalue weighted by Gasteiger charge is 2.13. The van der Waals surface area contributed by atoms with Crippen molar-refractivity contribution in [1.82, 2.24) is 30.2 Å². The number of nitrogens with one attached hydrogen (secondary N) is 2. The van der Waals surface area contributed by atoms with Crippen LogP contribution in [0.3, 0.4) is 0 Å². The van der Waals surface area contributed by atoms with Crippen LogP contribution in [0.1, 0.15) is 16.1 Å². The van der Waals surface area contributed by atoms with Gasteiger partial charge in [-0.25, -0.2) is 9.97 Å². The Morgan fingerprint density at radius 3 is 2.80 bits per heavy atom. The number of nitrogens with zero attached hydrogens (tertiary/aromatic N) is 6. The normalized spacial score (nSPS) is 11.5. The van der Waals surface area contributed by atoms with Crippen LogP contribution >= 0.6 is 11.3 Å². The number of imidazole rings is 1. The van der Waals surface area contributed by atoms with Crippen LogP contribution in [-0.4, -0.2) is 56.1 Å². The lowest BCUT2D eigenvalue weighted by Crippen LogP contribution is -2.23. The zero-order valence-electron chi connectivity index (χ0n) is 21.5. The number of likely N-dealkylation sites (N-methyl/N-ethyl adjacent to an activating group) is 1. The number of hydrogen-bond donors (Lipinski definition) is 4. The third kappa shape index (κ3) is 5.98. The number of aliphatic hydroxyl groups is 1. The predicted molar refractivity (Wildman–Crippen MR) is 152 cm³/mol. The molecule has 5 N–H and O–H groups in total. The summed E-state index contributed by atoms with van der Waals surface area (Å²) in [5.74, 6) is -0.0944. The zero-order chi connectivity index (χ0) is 28.1. The predicted octanol–water partition coefficient (Wildman–Crippen LogP) is 2.78. The molecule has 202 valence electrons. The molecule has 0 aliphatic heterocycles. The highest BCUT2D eigenvalue weighted by atomic mass is 32.1. The molecule has 3 aromatic heterocycles. The number of amides is 1. The maximum absolute atomic E-state index is 12.7. The quantitative estimate of drug-likeness (QED) is 0.148. The van der Waals surface area contributed by atoms with Gasteiger partial charge in [-0.15, -0.1) is 11.3 Å². The van der Waals surface area contributed by atoms with Gasteiger partial charge in [-0.3, -0.25) is 4.79 Å². The van der Waals surface area contributed by atoms with Gasteiger partial charge in [0.05, 0.1) is 23.2 Å². The van der Waals surface area contributed by atoms with Gasteiger partial charge in [-0.1, -0.05) is 24.3 Å². The van der Waals surface area contributed by atoms with Crippen molar-refractivity contribution in [3.05, 3.63) is 70.5 Å². The van der Waals surface area contributed by atoms with Crippen LogP contribution < -0.4 is 20.7 Å². The SMILES string of the molecule is CN(CCO)c1ccc2nc(/C=C(\C#N)C(=O)NCc3ccc(COc4nc(N)nc5nc[nH]c45)cc3)sc2c1. The summed E-state index contributed by atoms with van der Waals surface area (Å²) in [6, 6.07) is 15.2. The number of carbonyl (C=O) groups is 1. The first-order chi connectivity index (χ1) is 19.4. The Kier molecular flexibility index (Phi) is 7.81. The maximum Gasteiger partial charge on any atom is 0.262 e. The Balaban J connectivity index is 1.19. The molecular weight excluding hydrogens is 530 g/mol. The van der Waals surface area contributed by atoms with Gasteiger partial charge in [-0.05, 0) is 35.4 Å². The molecule has 0 spiro atoms. The molecule has 0 fully saturated rings. The highest BCUT2D eigenvalue weighted by molar-refractivity contribution is 7.19. The van der Waals surface area contributed by atoms with Crippen molar-refractivity contribution in [3.63, 3.8) is 0 Å². The summed E-state index contributed by atoms with van der Waals surface area (Å²) >= 11 is 1.39. The molecule has 3 heterocycles. The molecule has 12 nitrogen and oxygen atoms in total. The van der Waals surface area contributed by atoms with E-state index >= 15 is 0 Å². The number of hydrogen-bond acceptors (Lipinski definition) is 11. The molecule has 13 heteroatoms. The van der Waals surface area contributed by atoms with E-state index in [2.05, 4.69) is 30.2 Å². The van der Waals surface area contributed by atoms with E-state index in [0.717, 1.165) is 27.0 Å². The summed E-state index contributed by atoms with van der Waals surface area (Å²) in [6.07, 6.45) is 2.99. The van der Waals surface area contributed by atoms with E-state index in [9.17, 15) is 15.2 Å². The summed E-state index contributed by atoms with van der Waals surface area (Å²) < 4.78 is 6.73. The molecule has 0 saturated carbocycles. The molecule has 0 unspecified atom stereocenters. The highest BCUT2D eigenvalue weighted by Crippen LogP contribution is 2.28. The summed E-state index contributed by atoms with van der Waals surface area (Å²) in [7, 11) is 1.90. The number of carbonyl (C=O) groups excluding carboxylic acids is 1. The van der Waals surface area contributed by atoms with Gasteiger partial charge in [-0.2, -0.15) is 15.2 Å². The second kappa shape index (κ2) is 11.8. The Morgan fingerprint density at radius 2 is 2.02 bits per heavy atom. The molecule has 1 amide bonds. The number of nitrogens with two attached hydrogens (primary N) is 1. The van der Waals surface area contributed by atoms with E-state index in [0.29, 0.717) is 28.6 Å². The molecule has 0 atom stereocenters. The van der Waals surface area contributed by atoms with Crippen LogP contribution in [0.2, 0.25) is 0 Å². The molecule has 0 saturated heterocycles. The van der Waals surface area contributed by atoms with Crippen molar-refractivity contribution in [2.75, 3.05) is 30.8 Å². The van der Waals surface area contributed by atoms with Gasteiger partial charge in [0.1, 0.15) is 28.8 Å². The number of aliphatic hydroxyl groups excluding tert-OH is 1. The van der Waals surface area contributed by atoms with E-state index in [1.165, 1.54) is 23.7 Å². The average molecular weight is 556 g/mol. The number of benzene rings is 2. The smallest absolute Gasteiger partial charge is 0.262 e. The molecule has 0 aliphatic carbocycles. The topological polar surface area (TPSA) is 179 Å². The van der Waals surface area contributed by atoms with Gasteiger partial charge in [0.15, 0.2) is 5.65 Å². The third-order valence-corrected chi connectivity index (χ3v) is 6.98. The van der Waals surface area contributed by atoms with Crippen molar-refractivity contribution < 1.29 is 14.6 Å². The van der Waals surface area contributed by atoms with E-state index in [-0.39, 0.29) is 31.3 Å². The summed E-state index contributed by atoms with van der Waals surface area (Å²) in [5, 5.41) is 22.1. The number of H-pyrrole nitrogens is 1. The zero-order valence-corrected chi connectivity index (χ0v) is 22.3. The van der Waals surface area contributed by atoms with Crippen LogP contribution in [-0.2, 0) is 17.9 Å². The minimum Gasteiger partial charge on any atom is -0.471 e. The van der Waals surface area contributed by atoms with Crippen molar-refractivity contribution >= 4 is 56.3 Å². The van der Waals surface area contributed by atoms with Gasteiger partial charge >= 0.3 is 0 Å². The van der Waals surface area contributed by atoms with Gasteiger partial charge in [0.25, 0.3) is 5.91 Å². The summed E-state index contributed by atoms with van der Waals surface area (Å²) in [4.78, 5) is 34.3. The van der Waals surface area contributed by atoms with Crippen molar-refractivity contribution in [2.24, 2.45) is 0 Å². The molecule has 5 rings (SSSR count). The Hall–Kier alpha value is -5.06. The number of nitrogen functional groups attached to an aromatic ring is 1. The van der Waals surface area contributed by atoms with Crippen LogP contribution in [0.4, 0.5) is 11.6 Å². The molecule has 0 bridgehead atoms. The van der Waals surface area contributed by atoms with E-state index in [1.807, 2.05) is 60.5 Å². The van der Waals surface area contributed by atoms with Crippen LogP contribution in [0.5, 0.6) is 5.88 Å².